The maximum atomic E-state index is 11.1. The van der Waals surface area contributed by atoms with Crippen LogP contribution in [0.4, 0.5) is 0 Å². The molecule has 0 amide bonds. The van der Waals surface area contributed by atoms with Gasteiger partial charge in [-0.2, -0.15) is 0 Å². The van der Waals surface area contributed by atoms with Gasteiger partial charge in [-0.05, 0) is 51.0 Å². The van der Waals surface area contributed by atoms with Crippen molar-refractivity contribution in [1.29, 1.82) is 0 Å². The van der Waals surface area contributed by atoms with E-state index in [0.29, 0.717) is 6.04 Å². The fraction of sp³-hybridized carbons (Fsp3) is 0.933. The molecule has 0 aromatic rings. The Morgan fingerprint density at radius 2 is 2.06 bits per heavy atom. The second-order valence-corrected chi connectivity index (χ2v) is 6.41. The van der Waals surface area contributed by atoms with Gasteiger partial charge in [0.15, 0.2) is 0 Å². The predicted octanol–water partition coefficient (Wildman–Crippen LogP) is 3.14. The van der Waals surface area contributed by atoms with E-state index < -0.39 is 5.97 Å². The predicted molar refractivity (Wildman–Crippen MR) is 72.6 cm³/mol. The van der Waals surface area contributed by atoms with Gasteiger partial charge in [0.1, 0.15) is 6.04 Å². The van der Waals surface area contributed by atoms with Crippen molar-refractivity contribution in [1.82, 2.24) is 4.90 Å². The smallest absolute Gasteiger partial charge is 0.320 e. The van der Waals surface area contributed by atoms with Crippen molar-refractivity contribution in [3.63, 3.8) is 0 Å². The average Bonchev–Trinajstić information content (AvgIpc) is 3.13. The van der Waals surface area contributed by atoms with Gasteiger partial charge in [0.05, 0.1) is 0 Å². The van der Waals surface area contributed by atoms with Crippen molar-refractivity contribution in [2.75, 3.05) is 6.54 Å². The van der Waals surface area contributed by atoms with Gasteiger partial charge in [0, 0.05) is 6.04 Å². The third kappa shape index (κ3) is 3.71. The lowest BCUT2D eigenvalue weighted by molar-refractivity contribution is -0.143. The van der Waals surface area contributed by atoms with E-state index in [-0.39, 0.29) is 6.04 Å². The molecular formula is C15H27NO2. The van der Waals surface area contributed by atoms with Gasteiger partial charge in [-0.3, -0.25) is 9.69 Å². The first kappa shape index (κ1) is 13.9. The van der Waals surface area contributed by atoms with Crippen LogP contribution in [0.5, 0.6) is 0 Å². The maximum absolute atomic E-state index is 11.1. The summed E-state index contributed by atoms with van der Waals surface area (Å²) >= 11 is 0. The van der Waals surface area contributed by atoms with E-state index in [1.165, 1.54) is 44.9 Å². The van der Waals surface area contributed by atoms with Crippen LogP contribution in [0.1, 0.15) is 58.8 Å². The first-order chi connectivity index (χ1) is 8.58. The first-order valence-corrected chi connectivity index (χ1v) is 7.56. The van der Waals surface area contributed by atoms with Gasteiger partial charge in [-0.1, -0.05) is 26.2 Å². The molecule has 3 unspecified atom stereocenters. The van der Waals surface area contributed by atoms with Gasteiger partial charge in [-0.15, -0.1) is 0 Å². The Kier molecular flexibility index (Phi) is 4.66. The van der Waals surface area contributed by atoms with Gasteiger partial charge in [0.2, 0.25) is 0 Å². The second-order valence-electron chi connectivity index (χ2n) is 6.41. The second kappa shape index (κ2) is 6.05. The van der Waals surface area contributed by atoms with Crippen LogP contribution in [0.25, 0.3) is 0 Å². The Labute approximate surface area is 111 Å². The van der Waals surface area contributed by atoms with E-state index >= 15 is 0 Å². The highest BCUT2D eigenvalue weighted by Crippen LogP contribution is 2.33. The Balaban J connectivity index is 1.80. The number of rotatable bonds is 6. The molecule has 0 bridgehead atoms. The van der Waals surface area contributed by atoms with Crippen molar-refractivity contribution < 1.29 is 9.90 Å². The Morgan fingerprint density at radius 3 is 2.61 bits per heavy atom. The van der Waals surface area contributed by atoms with Crippen molar-refractivity contribution >= 4 is 5.97 Å². The van der Waals surface area contributed by atoms with E-state index in [4.69, 9.17) is 5.11 Å². The fourth-order valence-electron chi connectivity index (χ4n) is 3.39. The standard InChI is InChI=1S/C15H27NO2/c1-11-4-3-5-13(10-11)8-9-16(14-6-7-14)12(2)15(17)18/h11-14H,3-10H2,1-2H3,(H,17,18). The molecule has 0 heterocycles. The molecule has 2 aliphatic rings. The van der Waals surface area contributed by atoms with Crippen LogP contribution in [0, 0.1) is 11.8 Å². The summed E-state index contributed by atoms with van der Waals surface area (Å²) in [5.74, 6) is 1.03. The summed E-state index contributed by atoms with van der Waals surface area (Å²) in [6, 6.07) is 0.246. The normalized spacial score (nSPS) is 30.4. The third-order valence-corrected chi connectivity index (χ3v) is 4.71. The quantitative estimate of drug-likeness (QED) is 0.790. The summed E-state index contributed by atoms with van der Waals surface area (Å²) in [6.07, 6.45) is 9.03. The lowest BCUT2D eigenvalue weighted by atomic mass is 9.81. The van der Waals surface area contributed by atoms with E-state index in [1.807, 2.05) is 6.92 Å². The van der Waals surface area contributed by atoms with Gasteiger partial charge in [0.25, 0.3) is 0 Å². The van der Waals surface area contributed by atoms with Crippen LogP contribution in [-0.2, 0) is 4.79 Å². The summed E-state index contributed by atoms with van der Waals surface area (Å²) in [5.41, 5.74) is 0. The number of hydrogen-bond donors (Lipinski definition) is 1. The third-order valence-electron chi connectivity index (χ3n) is 4.71. The monoisotopic (exact) mass is 253 g/mol. The zero-order chi connectivity index (χ0) is 13.1. The summed E-state index contributed by atoms with van der Waals surface area (Å²) < 4.78 is 0. The zero-order valence-corrected chi connectivity index (χ0v) is 11.8. The Hall–Kier alpha value is -0.570. The van der Waals surface area contributed by atoms with Gasteiger partial charge in [-0.25, -0.2) is 0 Å². The van der Waals surface area contributed by atoms with Crippen molar-refractivity contribution in [3.05, 3.63) is 0 Å². The van der Waals surface area contributed by atoms with Gasteiger partial charge < -0.3 is 5.11 Å². The summed E-state index contributed by atoms with van der Waals surface area (Å²) in [7, 11) is 0. The zero-order valence-electron chi connectivity index (χ0n) is 11.8. The minimum atomic E-state index is -0.668. The summed E-state index contributed by atoms with van der Waals surface area (Å²) in [5, 5.41) is 9.17. The molecule has 3 heteroatoms. The Morgan fingerprint density at radius 1 is 1.33 bits per heavy atom. The lowest BCUT2D eigenvalue weighted by Crippen LogP contribution is -2.41. The lowest BCUT2D eigenvalue weighted by Gasteiger charge is -2.31. The topological polar surface area (TPSA) is 40.5 Å². The first-order valence-electron chi connectivity index (χ1n) is 7.56. The molecule has 0 saturated heterocycles. The SMILES string of the molecule is CC1CCCC(CCN(C2CC2)C(C)C(=O)O)C1. The van der Waals surface area contributed by atoms with Crippen LogP contribution < -0.4 is 0 Å². The molecular weight excluding hydrogens is 226 g/mol. The van der Waals surface area contributed by atoms with Crippen LogP contribution >= 0.6 is 0 Å². The fourth-order valence-corrected chi connectivity index (χ4v) is 3.39. The highest BCUT2D eigenvalue weighted by molar-refractivity contribution is 5.73. The maximum Gasteiger partial charge on any atom is 0.320 e. The molecule has 0 radical (unpaired) electrons. The van der Waals surface area contributed by atoms with Crippen molar-refractivity contribution in [2.45, 2.75) is 70.9 Å². The highest BCUT2D eigenvalue weighted by Gasteiger charge is 2.35. The molecule has 3 atom stereocenters. The largest absolute Gasteiger partial charge is 0.480 e. The molecule has 2 aliphatic carbocycles. The number of nitrogens with zero attached hydrogens (tertiary/aromatic N) is 1. The molecule has 2 fully saturated rings. The Bertz CT molecular complexity index is 288. The highest BCUT2D eigenvalue weighted by atomic mass is 16.4. The minimum absolute atomic E-state index is 0.307. The van der Waals surface area contributed by atoms with E-state index in [0.717, 1.165) is 18.4 Å². The van der Waals surface area contributed by atoms with Crippen LogP contribution in [0.3, 0.4) is 0 Å². The number of hydrogen-bond acceptors (Lipinski definition) is 2. The number of aliphatic carboxylic acids is 1. The molecule has 0 aromatic heterocycles. The van der Waals surface area contributed by atoms with Crippen LogP contribution in [-0.4, -0.2) is 34.6 Å². The van der Waals surface area contributed by atoms with Crippen molar-refractivity contribution in [2.24, 2.45) is 11.8 Å². The average molecular weight is 253 g/mol. The van der Waals surface area contributed by atoms with Crippen LogP contribution in [0.2, 0.25) is 0 Å². The summed E-state index contributed by atoms with van der Waals surface area (Å²) in [4.78, 5) is 13.4. The number of carbonyl (C=O) groups is 1. The number of carboxylic acids is 1. The molecule has 2 rings (SSSR count). The van der Waals surface area contributed by atoms with E-state index in [1.54, 1.807) is 0 Å². The van der Waals surface area contributed by atoms with E-state index in [2.05, 4.69) is 11.8 Å². The molecule has 0 spiro atoms. The molecule has 0 aliphatic heterocycles. The van der Waals surface area contributed by atoms with Gasteiger partial charge >= 0.3 is 5.97 Å². The summed E-state index contributed by atoms with van der Waals surface area (Å²) in [6.45, 7) is 5.17. The molecule has 0 aromatic carbocycles. The molecule has 1 N–H and O–H groups in total. The molecule has 104 valence electrons. The van der Waals surface area contributed by atoms with Crippen LogP contribution in [0.15, 0.2) is 0 Å². The van der Waals surface area contributed by atoms with Crippen molar-refractivity contribution in [3.8, 4) is 0 Å². The molecule has 3 nitrogen and oxygen atoms in total. The minimum Gasteiger partial charge on any atom is -0.480 e. The molecule has 18 heavy (non-hydrogen) atoms. The van der Waals surface area contributed by atoms with E-state index in [9.17, 15) is 4.79 Å². The number of carboxylic acid groups (broad SMARTS) is 1. The molecule has 2 saturated carbocycles.